The molecule has 0 bridgehead atoms. The van der Waals surface area contributed by atoms with E-state index in [9.17, 15) is 47.9 Å². The molecule has 288 valence electrons. The summed E-state index contributed by atoms with van der Waals surface area (Å²) >= 11 is 0. The van der Waals surface area contributed by atoms with Gasteiger partial charge in [-0.1, -0.05) is 31.4 Å². The number of aromatic nitrogens is 2. The van der Waals surface area contributed by atoms with Gasteiger partial charge in [-0.05, 0) is 86.6 Å². The van der Waals surface area contributed by atoms with E-state index in [1.807, 2.05) is 24.3 Å². The van der Waals surface area contributed by atoms with Crippen LogP contribution in [0.25, 0.3) is 10.9 Å². The lowest BCUT2D eigenvalue weighted by atomic mass is 9.82. The van der Waals surface area contributed by atoms with E-state index in [-0.39, 0.29) is 36.6 Å². The molecule has 0 aliphatic heterocycles. The van der Waals surface area contributed by atoms with Crippen molar-refractivity contribution < 1.29 is 57.8 Å². The van der Waals surface area contributed by atoms with E-state index in [0.29, 0.717) is 31.3 Å². The van der Waals surface area contributed by atoms with Gasteiger partial charge in [0.25, 0.3) is 0 Å². The normalized spacial score (nSPS) is 19.1. The van der Waals surface area contributed by atoms with Crippen LogP contribution < -0.4 is 15.4 Å². The minimum Gasteiger partial charge on any atom is -0.475 e. The lowest BCUT2D eigenvalue weighted by Crippen LogP contribution is -2.32. The number of rotatable bonds is 10. The van der Waals surface area contributed by atoms with Gasteiger partial charge in [0.05, 0.1) is 21.5 Å². The van der Waals surface area contributed by atoms with Crippen LogP contribution in [0.3, 0.4) is 0 Å². The highest BCUT2D eigenvalue weighted by molar-refractivity contribution is 7.89. The smallest absolute Gasteiger partial charge is 0.475 e. The largest absolute Gasteiger partial charge is 0.490 e. The van der Waals surface area contributed by atoms with Crippen molar-refractivity contribution in [3.8, 4) is 0 Å². The molecule has 3 aromatic rings. The highest BCUT2D eigenvalue weighted by atomic mass is 32.2. The average molecular weight is 772 g/mol. The van der Waals surface area contributed by atoms with Crippen LogP contribution >= 0.6 is 0 Å². The molecule has 0 atom stereocenters. The van der Waals surface area contributed by atoms with Crippen LogP contribution in [0, 0.1) is 17.8 Å². The molecule has 2 aliphatic carbocycles. The van der Waals surface area contributed by atoms with Crippen molar-refractivity contribution in [1.29, 1.82) is 0 Å². The van der Waals surface area contributed by atoms with E-state index in [0.717, 1.165) is 36.1 Å². The number of benzene rings is 2. The second-order valence-electron chi connectivity index (χ2n) is 13.0. The van der Waals surface area contributed by atoms with Gasteiger partial charge in [0.2, 0.25) is 16.0 Å². The van der Waals surface area contributed by atoms with Crippen LogP contribution in [0.1, 0.15) is 68.9 Å². The summed E-state index contributed by atoms with van der Waals surface area (Å²) in [7, 11) is -4.60. The molecule has 0 spiro atoms. The Balaban J connectivity index is 0.000000785. The first-order valence-corrected chi connectivity index (χ1v) is 18.0. The number of hydrogen-bond donors (Lipinski definition) is 4. The SMILES string of the molecule is O=C(O)C(F)(F)F.O=S(=O)(NCC1CCC(CNc2nc(NCC3CCCCC3)c3ccccc3n2)CC1)c1cc(C(F)(F)F)cc(C(F)(F)F)c1. The number of carbonyl (C=O) groups is 1. The predicted octanol–water partition coefficient (Wildman–Crippen LogP) is 8.49. The van der Waals surface area contributed by atoms with Crippen molar-refractivity contribution in [3.05, 3.63) is 53.6 Å². The fourth-order valence-electron chi connectivity index (χ4n) is 6.19. The number of nitrogens with zero attached hydrogens (tertiary/aromatic N) is 2. The van der Waals surface area contributed by atoms with Crippen molar-refractivity contribution in [2.75, 3.05) is 30.3 Å². The summed E-state index contributed by atoms with van der Waals surface area (Å²) in [4.78, 5) is 17.3. The van der Waals surface area contributed by atoms with Crippen molar-refractivity contribution in [1.82, 2.24) is 14.7 Å². The van der Waals surface area contributed by atoms with Crippen LogP contribution in [-0.4, -0.2) is 55.3 Å². The zero-order valence-electron chi connectivity index (χ0n) is 27.6. The molecule has 4 N–H and O–H groups in total. The average Bonchev–Trinajstić information content (AvgIpc) is 3.08. The summed E-state index contributed by atoms with van der Waals surface area (Å²) in [5.74, 6) is -0.638. The third-order valence-corrected chi connectivity index (χ3v) is 10.5. The van der Waals surface area contributed by atoms with E-state index >= 15 is 0 Å². The Bertz CT molecular complexity index is 1740. The summed E-state index contributed by atoms with van der Waals surface area (Å²) < 4.78 is 139. The summed E-state index contributed by atoms with van der Waals surface area (Å²) in [6.07, 6.45) is -6.27. The third-order valence-electron chi connectivity index (χ3n) is 9.08. The Morgan fingerprint density at radius 2 is 1.21 bits per heavy atom. The fraction of sp³-hybridized carbons (Fsp3) is 0.545. The summed E-state index contributed by atoms with van der Waals surface area (Å²) in [6, 6.07) is 8.21. The van der Waals surface area contributed by atoms with Gasteiger partial charge < -0.3 is 15.7 Å². The first kappa shape index (κ1) is 40.9. The van der Waals surface area contributed by atoms with Crippen LogP contribution in [0.15, 0.2) is 47.4 Å². The molecule has 1 heterocycles. The maximum absolute atomic E-state index is 13.2. The lowest BCUT2D eigenvalue weighted by Gasteiger charge is -2.29. The van der Waals surface area contributed by atoms with Gasteiger partial charge in [-0.2, -0.15) is 44.5 Å². The van der Waals surface area contributed by atoms with Crippen molar-refractivity contribution in [3.63, 3.8) is 0 Å². The summed E-state index contributed by atoms with van der Waals surface area (Å²) in [6.45, 7) is 1.40. The zero-order valence-corrected chi connectivity index (χ0v) is 28.5. The molecule has 0 saturated heterocycles. The van der Waals surface area contributed by atoms with Gasteiger partial charge in [0.15, 0.2) is 0 Å². The number of nitrogens with one attached hydrogen (secondary N) is 3. The lowest BCUT2D eigenvalue weighted by molar-refractivity contribution is -0.192. The number of halogens is 9. The van der Waals surface area contributed by atoms with Crippen LogP contribution in [0.5, 0.6) is 0 Å². The molecule has 2 saturated carbocycles. The molecule has 2 aromatic carbocycles. The highest BCUT2D eigenvalue weighted by Gasteiger charge is 2.39. The highest BCUT2D eigenvalue weighted by Crippen LogP contribution is 2.37. The van der Waals surface area contributed by atoms with Gasteiger partial charge in [-0.15, -0.1) is 0 Å². The molecule has 19 heteroatoms. The molecule has 0 unspecified atom stereocenters. The van der Waals surface area contributed by atoms with Gasteiger partial charge >= 0.3 is 24.5 Å². The van der Waals surface area contributed by atoms with Crippen molar-refractivity contribution in [2.45, 2.75) is 81.2 Å². The molecular weight excluding hydrogens is 733 g/mol. The summed E-state index contributed by atoms with van der Waals surface area (Å²) in [5, 5.41) is 15.0. The van der Waals surface area contributed by atoms with E-state index < -0.39 is 50.5 Å². The molecule has 52 heavy (non-hydrogen) atoms. The van der Waals surface area contributed by atoms with Crippen LogP contribution in [0.2, 0.25) is 0 Å². The molecular formula is C33H38F9N5O4S. The molecule has 2 aliphatic rings. The molecule has 0 radical (unpaired) electrons. The van der Waals surface area contributed by atoms with E-state index in [2.05, 4.69) is 20.3 Å². The number of sulfonamides is 1. The fourth-order valence-corrected chi connectivity index (χ4v) is 7.38. The second kappa shape index (κ2) is 16.9. The summed E-state index contributed by atoms with van der Waals surface area (Å²) in [5.41, 5.74) is -2.51. The second-order valence-corrected chi connectivity index (χ2v) is 14.7. The first-order chi connectivity index (χ1) is 24.2. The van der Waals surface area contributed by atoms with Gasteiger partial charge in [0.1, 0.15) is 5.82 Å². The van der Waals surface area contributed by atoms with Crippen LogP contribution in [0.4, 0.5) is 51.3 Å². The molecule has 9 nitrogen and oxygen atoms in total. The van der Waals surface area contributed by atoms with E-state index in [4.69, 9.17) is 14.9 Å². The molecule has 1 aromatic heterocycles. The monoisotopic (exact) mass is 771 g/mol. The Kier molecular flexibility index (Phi) is 13.3. The number of para-hydroxylation sites is 1. The number of alkyl halides is 9. The number of hydrogen-bond acceptors (Lipinski definition) is 7. The quantitative estimate of drug-likeness (QED) is 0.151. The minimum absolute atomic E-state index is 0.0795. The van der Waals surface area contributed by atoms with Gasteiger partial charge in [0, 0.05) is 25.0 Å². The number of fused-ring (bicyclic) bond motifs is 1. The maximum atomic E-state index is 13.2. The molecule has 0 amide bonds. The molecule has 2 fully saturated rings. The van der Waals surface area contributed by atoms with Crippen LogP contribution in [-0.2, 0) is 27.2 Å². The number of anilines is 2. The van der Waals surface area contributed by atoms with Crippen molar-refractivity contribution in [2.24, 2.45) is 17.8 Å². The number of aliphatic carboxylic acids is 1. The van der Waals surface area contributed by atoms with Gasteiger partial charge in [-0.25, -0.2) is 22.9 Å². The first-order valence-electron chi connectivity index (χ1n) is 16.6. The van der Waals surface area contributed by atoms with Crippen molar-refractivity contribution >= 4 is 38.7 Å². The molecule has 5 rings (SSSR count). The predicted molar refractivity (Wildman–Crippen MR) is 174 cm³/mol. The Hall–Kier alpha value is -3.87. The Labute approximate surface area is 293 Å². The zero-order chi connectivity index (χ0) is 38.3. The number of carboxylic acids is 1. The Morgan fingerprint density at radius 3 is 1.75 bits per heavy atom. The maximum Gasteiger partial charge on any atom is 0.490 e. The van der Waals surface area contributed by atoms with Gasteiger partial charge in [-0.3, -0.25) is 0 Å². The van der Waals surface area contributed by atoms with E-state index in [1.165, 1.54) is 32.1 Å². The van der Waals surface area contributed by atoms with E-state index in [1.54, 1.807) is 0 Å². The number of carboxylic acid groups (broad SMARTS) is 1. The Morgan fingerprint density at radius 1 is 0.712 bits per heavy atom. The third kappa shape index (κ3) is 11.8. The topological polar surface area (TPSA) is 133 Å². The minimum atomic E-state index is -5.14. The standard InChI is InChI=1S/C31H37F6N5O2S.C2HF3O2/c32-30(33,34)23-14-24(31(35,36)37)16-25(15-23)45(43,44)40-19-22-12-10-21(11-13-22)18-39-29-41-27-9-5-4-8-26(27)28(42-29)38-17-20-6-2-1-3-7-20;3-2(4,5)1(6)7/h4-5,8-9,14-16,20-22,40H,1-3,6-7,10-13,17-19H2,(H2,38,39,41,42);(H,6,7).